The molecule has 0 heterocycles. The van der Waals surface area contributed by atoms with Gasteiger partial charge in [-0.2, -0.15) is 13.2 Å². The monoisotopic (exact) mass is 321 g/mol. The molecular formula is C10H9Cl3F3NO. The molecule has 1 atom stereocenters. The van der Waals surface area contributed by atoms with Gasteiger partial charge in [-0.1, -0.05) is 34.8 Å². The predicted molar refractivity (Wildman–Crippen MR) is 65.6 cm³/mol. The highest BCUT2D eigenvalue weighted by molar-refractivity contribution is 6.43. The first-order chi connectivity index (χ1) is 8.25. The molecule has 1 aromatic carbocycles. The second kappa shape index (κ2) is 6.19. The average Bonchev–Trinajstić information content (AvgIpc) is 2.24. The SMILES string of the molecule is NCC(COc1cc(Cl)c(Cl)cc1Cl)C(F)(F)F. The summed E-state index contributed by atoms with van der Waals surface area (Å²) in [6, 6.07) is 2.56. The zero-order chi connectivity index (χ0) is 13.9. The molecule has 18 heavy (non-hydrogen) atoms. The van der Waals surface area contributed by atoms with Crippen molar-refractivity contribution in [3.8, 4) is 5.75 Å². The Hall–Kier alpha value is -0.360. The highest BCUT2D eigenvalue weighted by Gasteiger charge is 2.39. The Labute approximate surface area is 117 Å². The van der Waals surface area contributed by atoms with Crippen LogP contribution >= 0.6 is 34.8 Å². The van der Waals surface area contributed by atoms with Gasteiger partial charge in [0, 0.05) is 12.6 Å². The van der Waals surface area contributed by atoms with Gasteiger partial charge in [0.2, 0.25) is 0 Å². The molecule has 0 amide bonds. The van der Waals surface area contributed by atoms with Crippen molar-refractivity contribution in [3.05, 3.63) is 27.2 Å². The minimum Gasteiger partial charge on any atom is -0.491 e. The number of ether oxygens (including phenoxy) is 1. The summed E-state index contributed by atoms with van der Waals surface area (Å²) in [7, 11) is 0. The van der Waals surface area contributed by atoms with Crippen LogP contribution in [0.5, 0.6) is 5.75 Å². The predicted octanol–water partition coefficient (Wildman–Crippen LogP) is 4.16. The third-order valence-corrected chi connectivity index (χ3v) is 3.18. The molecule has 0 aliphatic heterocycles. The maximum absolute atomic E-state index is 12.4. The Balaban J connectivity index is 2.77. The standard InChI is InChI=1S/C10H9Cl3F3NO/c11-6-1-8(13)9(2-7(6)12)18-4-5(3-17)10(14,15)16/h1-2,5H,3-4,17H2. The fourth-order valence-electron chi connectivity index (χ4n) is 1.10. The van der Waals surface area contributed by atoms with Gasteiger partial charge in [-0.15, -0.1) is 0 Å². The van der Waals surface area contributed by atoms with Crippen LogP contribution in [-0.2, 0) is 0 Å². The smallest absolute Gasteiger partial charge is 0.396 e. The number of nitrogens with two attached hydrogens (primary N) is 1. The minimum atomic E-state index is -4.42. The van der Waals surface area contributed by atoms with E-state index < -0.39 is 25.2 Å². The van der Waals surface area contributed by atoms with Gasteiger partial charge in [-0.05, 0) is 6.07 Å². The molecule has 1 unspecified atom stereocenters. The second-order valence-corrected chi connectivity index (χ2v) is 4.70. The normalized spacial score (nSPS) is 13.5. The highest BCUT2D eigenvalue weighted by atomic mass is 35.5. The summed E-state index contributed by atoms with van der Waals surface area (Å²) < 4.78 is 42.3. The van der Waals surface area contributed by atoms with Gasteiger partial charge in [0.1, 0.15) is 18.3 Å². The van der Waals surface area contributed by atoms with Crippen molar-refractivity contribution >= 4 is 34.8 Å². The molecule has 0 bridgehead atoms. The van der Waals surface area contributed by atoms with Crippen LogP contribution in [0.1, 0.15) is 0 Å². The third-order valence-electron chi connectivity index (χ3n) is 2.16. The molecule has 102 valence electrons. The van der Waals surface area contributed by atoms with Crippen LogP contribution in [0.2, 0.25) is 15.1 Å². The topological polar surface area (TPSA) is 35.2 Å². The van der Waals surface area contributed by atoms with Crippen LogP contribution in [-0.4, -0.2) is 19.3 Å². The Morgan fingerprint density at radius 3 is 2.17 bits per heavy atom. The van der Waals surface area contributed by atoms with E-state index in [2.05, 4.69) is 0 Å². The Kier molecular flexibility index (Phi) is 5.40. The number of rotatable bonds is 4. The second-order valence-electron chi connectivity index (χ2n) is 3.48. The fraction of sp³-hybridized carbons (Fsp3) is 0.400. The van der Waals surface area contributed by atoms with Gasteiger partial charge in [0.25, 0.3) is 0 Å². The van der Waals surface area contributed by atoms with Gasteiger partial charge < -0.3 is 10.5 Å². The number of hydrogen-bond acceptors (Lipinski definition) is 2. The lowest BCUT2D eigenvalue weighted by Gasteiger charge is -2.19. The van der Waals surface area contributed by atoms with E-state index in [0.717, 1.165) is 0 Å². The first kappa shape index (κ1) is 15.7. The molecule has 8 heteroatoms. The van der Waals surface area contributed by atoms with Crippen molar-refractivity contribution in [2.24, 2.45) is 11.7 Å². The lowest BCUT2D eigenvalue weighted by Crippen LogP contribution is -2.35. The lowest BCUT2D eigenvalue weighted by molar-refractivity contribution is -0.178. The first-order valence-electron chi connectivity index (χ1n) is 4.79. The molecule has 0 aliphatic rings. The molecule has 2 N–H and O–H groups in total. The van der Waals surface area contributed by atoms with Gasteiger partial charge in [0.15, 0.2) is 0 Å². The largest absolute Gasteiger partial charge is 0.491 e. The van der Waals surface area contributed by atoms with Gasteiger partial charge >= 0.3 is 6.18 Å². The molecule has 0 fully saturated rings. The van der Waals surface area contributed by atoms with Crippen LogP contribution in [0.15, 0.2) is 12.1 Å². The van der Waals surface area contributed by atoms with E-state index in [9.17, 15) is 13.2 Å². The van der Waals surface area contributed by atoms with Crippen molar-refractivity contribution in [1.29, 1.82) is 0 Å². The van der Waals surface area contributed by atoms with Crippen LogP contribution in [0.25, 0.3) is 0 Å². The van der Waals surface area contributed by atoms with Crippen LogP contribution in [0.4, 0.5) is 13.2 Å². The molecule has 0 aromatic heterocycles. The molecule has 1 rings (SSSR count). The Morgan fingerprint density at radius 1 is 1.11 bits per heavy atom. The van der Waals surface area contributed by atoms with E-state index in [1.165, 1.54) is 12.1 Å². The van der Waals surface area contributed by atoms with Crippen molar-refractivity contribution < 1.29 is 17.9 Å². The van der Waals surface area contributed by atoms with E-state index in [1.807, 2.05) is 0 Å². The maximum atomic E-state index is 12.4. The van der Waals surface area contributed by atoms with Gasteiger partial charge in [-0.3, -0.25) is 0 Å². The molecule has 0 spiro atoms. The van der Waals surface area contributed by atoms with E-state index >= 15 is 0 Å². The maximum Gasteiger partial charge on any atom is 0.396 e. The van der Waals surface area contributed by atoms with E-state index in [-0.39, 0.29) is 20.8 Å². The molecule has 2 nitrogen and oxygen atoms in total. The number of alkyl halides is 3. The molecule has 0 saturated heterocycles. The summed E-state index contributed by atoms with van der Waals surface area (Å²) in [6.45, 7) is -1.19. The summed E-state index contributed by atoms with van der Waals surface area (Å²) in [5.74, 6) is -1.73. The van der Waals surface area contributed by atoms with Crippen molar-refractivity contribution in [2.75, 3.05) is 13.2 Å². The summed E-state index contributed by atoms with van der Waals surface area (Å²) in [5.41, 5.74) is 5.03. The summed E-state index contributed by atoms with van der Waals surface area (Å²) in [6.07, 6.45) is -4.42. The van der Waals surface area contributed by atoms with E-state index in [4.69, 9.17) is 45.3 Å². The molecular weight excluding hydrogens is 313 g/mol. The number of hydrogen-bond donors (Lipinski definition) is 1. The lowest BCUT2D eigenvalue weighted by atomic mass is 10.1. The summed E-state index contributed by atoms with van der Waals surface area (Å²) in [4.78, 5) is 0. The molecule has 0 saturated carbocycles. The van der Waals surface area contributed by atoms with Gasteiger partial charge in [-0.25, -0.2) is 0 Å². The summed E-state index contributed by atoms with van der Waals surface area (Å²) >= 11 is 17.1. The van der Waals surface area contributed by atoms with E-state index in [0.29, 0.717) is 0 Å². The van der Waals surface area contributed by atoms with Gasteiger partial charge in [0.05, 0.1) is 15.1 Å². The van der Waals surface area contributed by atoms with Crippen molar-refractivity contribution in [2.45, 2.75) is 6.18 Å². The zero-order valence-corrected chi connectivity index (χ0v) is 11.2. The van der Waals surface area contributed by atoms with Crippen LogP contribution in [0.3, 0.4) is 0 Å². The van der Waals surface area contributed by atoms with Crippen LogP contribution < -0.4 is 10.5 Å². The highest BCUT2D eigenvalue weighted by Crippen LogP contribution is 2.35. The Morgan fingerprint density at radius 2 is 1.67 bits per heavy atom. The Bertz CT molecular complexity index is 426. The third kappa shape index (κ3) is 4.09. The molecule has 0 radical (unpaired) electrons. The summed E-state index contributed by atoms with van der Waals surface area (Å²) in [5, 5.41) is 0.426. The zero-order valence-electron chi connectivity index (χ0n) is 8.90. The number of halogens is 6. The van der Waals surface area contributed by atoms with Crippen LogP contribution in [0, 0.1) is 5.92 Å². The first-order valence-corrected chi connectivity index (χ1v) is 5.93. The fourth-order valence-corrected chi connectivity index (χ4v) is 1.69. The molecule has 1 aromatic rings. The number of benzene rings is 1. The van der Waals surface area contributed by atoms with E-state index in [1.54, 1.807) is 0 Å². The quantitative estimate of drug-likeness (QED) is 0.845. The van der Waals surface area contributed by atoms with Crippen molar-refractivity contribution in [3.63, 3.8) is 0 Å². The molecule has 0 aliphatic carbocycles. The minimum absolute atomic E-state index is 0.0359. The van der Waals surface area contributed by atoms with Crippen molar-refractivity contribution in [1.82, 2.24) is 0 Å². The average molecular weight is 323 g/mol.